The van der Waals surface area contributed by atoms with E-state index in [2.05, 4.69) is 21.3 Å². The van der Waals surface area contributed by atoms with Crippen LogP contribution >= 0.6 is 0 Å². The van der Waals surface area contributed by atoms with Gasteiger partial charge in [-0.25, -0.2) is 0 Å². The number of hydrogen-bond donors (Lipinski definition) is 1. The normalized spacial score (nSPS) is 15.2. The van der Waals surface area contributed by atoms with Crippen molar-refractivity contribution in [2.24, 2.45) is 0 Å². The molecule has 1 aliphatic rings. The molecule has 3 heterocycles. The van der Waals surface area contributed by atoms with Crippen molar-refractivity contribution >= 4 is 11.8 Å². The van der Waals surface area contributed by atoms with E-state index in [4.69, 9.17) is 13.6 Å². The van der Waals surface area contributed by atoms with Crippen LogP contribution in [-0.4, -0.2) is 55.1 Å². The summed E-state index contributed by atoms with van der Waals surface area (Å²) in [7, 11) is 1.62. The highest BCUT2D eigenvalue weighted by atomic mass is 16.5. The predicted octanol–water partition coefficient (Wildman–Crippen LogP) is 2.64. The summed E-state index contributed by atoms with van der Waals surface area (Å²) in [5, 5.41) is 12.5. The van der Waals surface area contributed by atoms with Gasteiger partial charge in [0.25, 0.3) is 5.89 Å². The summed E-state index contributed by atoms with van der Waals surface area (Å²) in [4.78, 5) is 21.1. The summed E-state index contributed by atoms with van der Waals surface area (Å²) in [6, 6.07) is 12.9. The first-order valence-corrected chi connectivity index (χ1v) is 10.4. The highest BCUT2D eigenvalue weighted by molar-refractivity contribution is 5.81. The number of amides is 1. The molecule has 1 fully saturated rings. The van der Waals surface area contributed by atoms with E-state index in [1.54, 1.807) is 19.2 Å². The van der Waals surface area contributed by atoms with Crippen molar-refractivity contribution in [3.8, 4) is 23.5 Å². The van der Waals surface area contributed by atoms with Crippen molar-refractivity contribution in [2.75, 3.05) is 38.2 Å². The molecule has 1 saturated heterocycles. The van der Waals surface area contributed by atoms with E-state index in [0.29, 0.717) is 44.4 Å². The summed E-state index contributed by atoms with van der Waals surface area (Å²) in [6.45, 7) is 4.86. The number of methoxy groups -OCH3 is 1. The molecule has 0 saturated carbocycles. The first-order valence-electron chi connectivity index (χ1n) is 10.4. The van der Waals surface area contributed by atoms with Crippen LogP contribution in [0.15, 0.2) is 51.5 Å². The average molecular weight is 435 g/mol. The minimum absolute atomic E-state index is 0.0400. The van der Waals surface area contributed by atoms with Crippen LogP contribution in [0.5, 0.6) is 5.75 Å². The molecule has 32 heavy (non-hydrogen) atoms. The average Bonchev–Trinajstić information content (AvgIpc) is 3.52. The molecular formula is C23H25N5O4. The number of rotatable bonds is 7. The number of nitrogens with one attached hydrogen (secondary N) is 1. The largest absolute Gasteiger partial charge is 0.496 e. The zero-order valence-electron chi connectivity index (χ0n) is 18.1. The minimum Gasteiger partial charge on any atom is -0.496 e. The summed E-state index contributed by atoms with van der Waals surface area (Å²) in [5.41, 5.74) is 1.16. The van der Waals surface area contributed by atoms with E-state index in [1.807, 2.05) is 36.1 Å². The standard InChI is InChI=1S/C23H25N5O4/c1-16(21(29)25-15-17-6-3-4-7-19(17)30-2)27-9-11-28(12-10-27)23-18(14-24)26-22(32-23)20-8-5-13-31-20/h3-8,13,16H,9-12,15H2,1-2H3,(H,25,29). The maximum absolute atomic E-state index is 12.7. The van der Waals surface area contributed by atoms with Crippen LogP contribution in [0.1, 0.15) is 18.2 Å². The van der Waals surface area contributed by atoms with Gasteiger partial charge in [0.1, 0.15) is 11.8 Å². The Hall–Kier alpha value is -3.77. The number of piperazine rings is 1. The minimum atomic E-state index is -0.282. The lowest BCUT2D eigenvalue weighted by atomic mass is 10.1. The van der Waals surface area contributed by atoms with Gasteiger partial charge in [0, 0.05) is 38.3 Å². The van der Waals surface area contributed by atoms with Gasteiger partial charge >= 0.3 is 0 Å². The molecule has 1 N–H and O–H groups in total. The molecule has 9 nitrogen and oxygen atoms in total. The molecule has 0 spiro atoms. The van der Waals surface area contributed by atoms with Crippen LogP contribution in [0.25, 0.3) is 11.7 Å². The quantitative estimate of drug-likeness (QED) is 0.603. The van der Waals surface area contributed by atoms with Crippen LogP contribution in [0.4, 0.5) is 5.88 Å². The van der Waals surface area contributed by atoms with Crippen molar-refractivity contribution in [1.29, 1.82) is 5.26 Å². The van der Waals surface area contributed by atoms with E-state index in [-0.39, 0.29) is 23.5 Å². The number of nitrogens with zero attached hydrogens (tertiary/aromatic N) is 4. The number of carbonyl (C=O) groups excluding carboxylic acids is 1. The Kier molecular flexibility index (Phi) is 6.42. The van der Waals surface area contributed by atoms with Crippen molar-refractivity contribution in [1.82, 2.24) is 15.2 Å². The molecule has 0 radical (unpaired) electrons. The molecule has 0 aliphatic carbocycles. The van der Waals surface area contributed by atoms with E-state index < -0.39 is 0 Å². The first-order chi connectivity index (χ1) is 15.6. The summed E-state index contributed by atoms with van der Waals surface area (Å²) >= 11 is 0. The van der Waals surface area contributed by atoms with E-state index in [1.165, 1.54) is 6.26 Å². The highest BCUT2D eigenvalue weighted by Crippen LogP contribution is 2.29. The lowest BCUT2D eigenvalue weighted by Gasteiger charge is -2.37. The van der Waals surface area contributed by atoms with Gasteiger partial charge in [0.05, 0.1) is 19.4 Å². The Morgan fingerprint density at radius 2 is 2.03 bits per heavy atom. The second-order valence-corrected chi connectivity index (χ2v) is 7.49. The van der Waals surface area contributed by atoms with Gasteiger partial charge in [-0.3, -0.25) is 9.69 Å². The molecule has 4 rings (SSSR count). The van der Waals surface area contributed by atoms with Crippen LogP contribution in [0.2, 0.25) is 0 Å². The maximum atomic E-state index is 12.7. The third-order valence-corrected chi connectivity index (χ3v) is 5.62. The van der Waals surface area contributed by atoms with E-state index >= 15 is 0 Å². The fourth-order valence-corrected chi connectivity index (χ4v) is 3.76. The smallest absolute Gasteiger partial charge is 0.266 e. The zero-order chi connectivity index (χ0) is 22.5. The number of oxazole rings is 1. The molecule has 1 atom stereocenters. The number of furan rings is 1. The molecule has 1 amide bonds. The zero-order valence-corrected chi connectivity index (χ0v) is 18.1. The molecule has 0 bridgehead atoms. The second-order valence-electron chi connectivity index (χ2n) is 7.49. The van der Waals surface area contributed by atoms with Crippen LogP contribution in [0, 0.1) is 11.3 Å². The number of ether oxygens (including phenoxy) is 1. The van der Waals surface area contributed by atoms with Gasteiger partial charge in [-0.15, -0.1) is 0 Å². The van der Waals surface area contributed by atoms with Crippen molar-refractivity contribution in [3.63, 3.8) is 0 Å². The summed E-state index contributed by atoms with van der Waals surface area (Å²) < 4.78 is 16.5. The molecule has 166 valence electrons. The van der Waals surface area contributed by atoms with Crippen LogP contribution < -0.4 is 15.0 Å². The molecule has 1 aromatic carbocycles. The Morgan fingerprint density at radius 3 is 2.72 bits per heavy atom. The number of hydrogen-bond acceptors (Lipinski definition) is 8. The Bertz CT molecular complexity index is 1090. The maximum Gasteiger partial charge on any atom is 0.266 e. The SMILES string of the molecule is COc1ccccc1CNC(=O)C(C)N1CCN(c2oc(-c3ccco3)nc2C#N)CC1. The number of anilines is 1. The fraction of sp³-hybridized carbons (Fsp3) is 0.348. The van der Waals surface area contributed by atoms with Crippen LogP contribution in [0.3, 0.4) is 0 Å². The third kappa shape index (κ3) is 4.45. The number of benzene rings is 1. The predicted molar refractivity (Wildman–Crippen MR) is 117 cm³/mol. The number of nitriles is 1. The Labute approximate surface area is 186 Å². The summed E-state index contributed by atoms with van der Waals surface area (Å²) in [5.74, 6) is 1.91. The highest BCUT2D eigenvalue weighted by Gasteiger charge is 2.29. The molecule has 1 aliphatic heterocycles. The second kappa shape index (κ2) is 9.58. The van der Waals surface area contributed by atoms with Crippen LogP contribution in [-0.2, 0) is 11.3 Å². The van der Waals surface area contributed by atoms with Gasteiger partial charge in [0.15, 0.2) is 5.76 Å². The van der Waals surface area contributed by atoms with Gasteiger partial charge in [0.2, 0.25) is 17.5 Å². The van der Waals surface area contributed by atoms with E-state index in [0.717, 1.165) is 11.3 Å². The van der Waals surface area contributed by atoms with Crippen molar-refractivity contribution in [3.05, 3.63) is 53.9 Å². The molecular weight excluding hydrogens is 410 g/mol. The monoisotopic (exact) mass is 435 g/mol. The Morgan fingerprint density at radius 1 is 1.25 bits per heavy atom. The van der Waals surface area contributed by atoms with Crippen molar-refractivity contribution < 1.29 is 18.4 Å². The lowest BCUT2D eigenvalue weighted by Crippen LogP contribution is -2.54. The number of aromatic nitrogens is 1. The van der Waals surface area contributed by atoms with Gasteiger partial charge in [-0.2, -0.15) is 10.2 Å². The van der Waals surface area contributed by atoms with Crippen molar-refractivity contribution in [2.45, 2.75) is 19.5 Å². The molecule has 2 aromatic heterocycles. The molecule has 3 aromatic rings. The first kappa shape index (κ1) is 21.5. The van der Waals surface area contributed by atoms with E-state index in [9.17, 15) is 10.1 Å². The fourth-order valence-electron chi connectivity index (χ4n) is 3.76. The number of para-hydroxylation sites is 1. The third-order valence-electron chi connectivity index (χ3n) is 5.62. The van der Waals surface area contributed by atoms with Gasteiger partial charge in [-0.05, 0) is 25.1 Å². The Balaban J connectivity index is 1.34. The topological polar surface area (TPSA) is 108 Å². The van der Waals surface area contributed by atoms with Gasteiger partial charge < -0.3 is 23.8 Å². The summed E-state index contributed by atoms with van der Waals surface area (Å²) in [6.07, 6.45) is 1.53. The van der Waals surface area contributed by atoms with Gasteiger partial charge in [-0.1, -0.05) is 18.2 Å². The molecule has 9 heteroatoms. The number of carbonyl (C=O) groups is 1. The molecule has 1 unspecified atom stereocenters. The lowest BCUT2D eigenvalue weighted by molar-refractivity contribution is -0.126.